The molecule has 0 heterocycles. The molecule has 1 rings (SSSR count). The number of hydrogen-bond donors (Lipinski definition) is 0. The van der Waals surface area contributed by atoms with Crippen molar-refractivity contribution in [3.05, 3.63) is 0 Å². The third-order valence-electron chi connectivity index (χ3n) is 2.55. The van der Waals surface area contributed by atoms with E-state index >= 15 is 0 Å². The first-order valence-corrected chi connectivity index (χ1v) is 4.39. The van der Waals surface area contributed by atoms with E-state index in [-0.39, 0.29) is 0 Å². The highest BCUT2D eigenvalue weighted by molar-refractivity contribution is 6.18. The van der Waals surface area contributed by atoms with E-state index in [1.54, 1.807) is 0 Å². The summed E-state index contributed by atoms with van der Waals surface area (Å²) in [4.78, 5) is 0. The van der Waals surface area contributed by atoms with E-state index in [1.807, 2.05) is 0 Å². The molecule has 1 saturated carbocycles. The normalized spacial score (nSPS) is 36.3. The maximum Gasteiger partial charge on any atom is 0.0254 e. The highest BCUT2D eigenvalue weighted by Crippen LogP contribution is 2.45. The van der Waals surface area contributed by atoms with Gasteiger partial charge in [0.15, 0.2) is 0 Å². The Morgan fingerprint density at radius 3 is 2.67 bits per heavy atom. The first-order chi connectivity index (χ1) is 4.29. The van der Waals surface area contributed by atoms with Crippen LogP contribution >= 0.6 is 11.6 Å². The van der Waals surface area contributed by atoms with E-state index in [0.29, 0.717) is 0 Å². The molecule has 0 aromatic heterocycles. The van der Waals surface area contributed by atoms with Crippen LogP contribution in [0, 0.1) is 17.8 Å². The van der Waals surface area contributed by atoms with Crippen LogP contribution in [0.1, 0.15) is 26.7 Å². The molecule has 0 amide bonds. The standard InChI is InChI=1S/C8H15Cl/c1-3-6(2)8-4-7(8)5-9/h6-8H,3-5H2,1-2H3. The van der Waals surface area contributed by atoms with Crippen LogP contribution in [0.2, 0.25) is 0 Å². The minimum absolute atomic E-state index is 0.863. The van der Waals surface area contributed by atoms with Gasteiger partial charge in [-0.3, -0.25) is 0 Å². The molecule has 0 radical (unpaired) electrons. The van der Waals surface area contributed by atoms with Gasteiger partial charge < -0.3 is 0 Å². The van der Waals surface area contributed by atoms with Gasteiger partial charge in [0.1, 0.15) is 0 Å². The maximum atomic E-state index is 5.69. The Bertz CT molecular complexity index is 90.6. The van der Waals surface area contributed by atoms with E-state index in [1.165, 1.54) is 12.8 Å². The van der Waals surface area contributed by atoms with E-state index < -0.39 is 0 Å². The summed E-state index contributed by atoms with van der Waals surface area (Å²) >= 11 is 5.69. The Balaban J connectivity index is 2.17. The number of halogens is 1. The van der Waals surface area contributed by atoms with Crippen LogP contribution in [0.5, 0.6) is 0 Å². The van der Waals surface area contributed by atoms with Crippen molar-refractivity contribution in [1.82, 2.24) is 0 Å². The zero-order valence-electron chi connectivity index (χ0n) is 6.23. The quantitative estimate of drug-likeness (QED) is 0.538. The SMILES string of the molecule is CCC(C)C1CC1CCl. The second-order valence-electron chi connectivity index (χ2n) is 3.20. The third kappa shape index (κ3) is 1.61. The van der Waals surface area contributed by atoms with Gasteiger partial charge in [0.05, 0.1) is 0 Å². The van der Waals surface area contributed by atoms with Gasteiger partial charge in [0.25, 0.3) is 0 Å². The van der Waals surface area contributed by atoms with Crippen LogP contribution in [0.4, 0.5) is 0 Å². The lowest BCUT2D eigenvalue weighted by molar-refractivity contribution is 0.470. The van der Waals surface area contributed by atoms with Crippen LogP contribution in [0.15, 0.2) is 0 Å². The second kappa shape index (κ2) is 2.92. The Hall–Kier alpha value is 0.290. The summed E-state index contributed by atoms with van der Waals surface area (Å²) in [6, 6.07) is 0. The monoisotopic (exact) mass is 146 g/mol. The smallest absolute Gasteiger partial charge is 0.0254 e. The van der Waals surface area contributed by atoms with Crippen LogP contribution in [0.3, 0.4) is 0 Å². The Morgan fingerprint density at radius 2 is 2.33 bits per heavy atom. The van der Waals surface area contributed by atoms with Crippen molar-refractivity contribution >= 4 is 11.6 Å². The van der Waals surface area contributed by atoms with E-state index in [0.717, 1.165) is 23.6 Å². The average Bonchev–Trinajstić information content (AvgIpc) is 2.64. The molecule has 0 aromatic rings. The molecule has 3 atom stereocenters. The molecule has 0 aliphatic heterocycles. The van der Waals surface area contributed by atoms with Crippen molar-refractivity contribution in [2.75, 3.05) is 5.88 Å². The zero-order valence-corrected chi connectivity index (χ0v) is 6.99. The van der Waals surface area contributed by atoms with Crippen LogP contribution in [0.25, 0.3) is 0 Å². The van der Waals surface area contributed by atoms with E-state index in [2.05, 4.69) is 13.8 Å². The molecule has 0 aromatic carbocycles. The third-order valence-corrected chi connectivity index (χ3v) is 2.95. The van der Waals surface area contributed by atoms with Crippen molar-refractivity contribution in [1.29, 1.82) is 0 Å². The molecule has 0 nitrogen and oxygen atoms in total. The van der Waals surface area contributed by atoms with E-state index in [9.17, 15) is 0 Å². The number of rotatable bonds is 3. The van der Waals surface area contributed by atoms with Gasteiger partial charge in [-0.1, -0.05) is 20.3 Å². The lowest BCUT2D eigenvalue weighted by Crippen LogP contribution is -1.97. The predicted molar refractivity (Wildman–Crippen MR) is 41.8 cm³/mol. The summed E-state index contributed by atoms with van der Waals surface area (Å²) in [6.07, 6.45) is 2.70. The van der Waals surface area contributed by atoms with Crippen LogP contribution in [-0.2, 0) is 0 Å². The number of hydrogen-bond acceptors (Lipinski definition) is 0. The molecular formula is C8H15Cl. The fourth-order valence-electron chi connectivity index (χ4n) is 1.45. The predicted octanol–water partition coefficient (Wildman–Crippen LogP) is 2.91. The summed E-state index contributed by atoms with van der Waals surface area (Å²) in [5, 5.41) is 0. The molecule has 3 unspecified atom stereocenters. The van der Waals surface area contributed by atoms with Gasteiger partial charge in [-0.15, -0.1) is 11.6 Å². The van der Waals surface area contributed by atoms with Crippen molar-refractivity contribution in [3.8, 4) is 0 Å². The minimum atomic E-state index is 0.863. The Labute approximate surface area is 62.6 Å². The molecule has 1 aliphatic rings. The van der Waals surface area contributed by atoms with Crippen molar-refractivity contribution in [2.24, 2.45) is 17.8 Å². The largest absolute Gasteiger partial charge is 0.126 e. The second-order valence-corrected chi connectivity index (χ2v) is 3.51. The number of alkyl halides is 1. The zero-order chi connectivity index (χ0) is 6.85. The average molecular weight is 147 g/mol. The fourth-order valence-corrected chi connectivity index (χ4v) is 1.80. The van der Waals surface area contributed by atoms with Crippen LogP contribution in [-0.4, -0.2) is 5.88 Å². The van der Waals surface area contributed by atoms with Crippen LogP contribution < -0.4 is 0 Å². The first kappa shape index (κ1) is 7.40. The molecule has 1 aliphatic carbocycles. The summed E-state index contributed by atoms with van der Waals surface area (Å²) in [7, 11) is 0. The van der Waals surface area contributed by atoms with Gasteiger partial charge in [-0.25, -0.2) is 0 Å². The molecule has 1 heteroatoms. The lowest BCUT2D eigenvalue weighted by Gasteiger charge is -2.04. The summed E-state index contributed by atoms with van der Waals surface area (Å²) < 4.78 is 0. The maximum absolute atomic E-state index is 5.69. The minimum Gasteiger partial charge on any atom is -0.126 e. The lowest BCUT2D eigenvalue weighted by atomic mass is 10.0. The molecule has 0 N–H and O–H groups in total. The molecule has 0 saturated heterocycles. The Kier molecular flexibility index (Phi) is 2.40. The van der Waals surface area contributed by atoms with Crippen molar-refractivity contribution in [3.63, 3.8) is 0 Å². The van der Waals surface area contributed by atoms with Gasteiger partial charge >= 0.3 is 0 Å². The van der Waals surface area contributed by atoms with E-state index in [4.69, 9.17) is 11.6 Å². The molecule has 9 heavy (non-hydrogen) atoms. The highest BCUT2D eigenvalue weighted by Gasteiger charge is 2.38. The molecule has 0 spiro atoms. The summed E-state index contributed by atoms with van der Waals surface area (Å²) in [5.41, 5.74) is 0. The molecule has 0 bridgehead atoms. The van der Waals surface area contributed by atoms with Gasteiger partial charge in [0.2, 0.25) is 0 Å². The fraction of sp³-hybridized carbons (Fsp3) is 1.00. The highest BCUT2D eigenvalue weighted by atomic mass is 35.5. The molecular weight excluding hydrogens is 132 g/mol. The molecule has 54 valence electrons. The summed E-state index contributed by atoms with van der Waals surface area (Å²) in [6.45, 7) is 4.59. The van der Waals surface area contributed by atoms with Crippen molar-refractivity contribution in [2.45, 2.75) is 26.7 Å². The van der Waals surface area contributed by atoms with Gasteiger partial charge in [-0.05, 0) is 24.2 Å². The molecule has 1 fully saturated rings. The Morgan fingerprint density at radius 1 is 1.67 bits per heavy atom. The van der Waals surface area contributed by atoms with Gasteiger partial charge in [-0.2, -0.15) is 0 Å². The first-order valence-electron chi connectivity index (χ1n) is 3.85. The topological polar surface area (TPSA) is 0 Å². The van der Waals surface area contributed by atoms with Gasteiger partial charge in [0, 0.05) is 5.88 Å². The van der Waals surface area contributed by atoms with Crippen molar-refractivity contribution < 1.29 is 0 Å². The summed E-state index contributed by atoms with van der Waals surface area (Å²) in [5.74, 6) is 3.62.